The molecule has 0 radical (unpaired) electrons. The van der Waals surface area contributed by atoms with Crippen LogP contribution < -0.4 is 15.4 Å². The van der Waals surface area contributed by atoms with E-state index in [0.717, 1.165) is 0 Å². The maximum Gasteiger partial charge on any atom is 0.150 e. The maximum atomic E-state index is 14.2. The van der Waals surface area contributed by atoms with Gasteiger partial charge in [0, 0.05) is 18.8 Å². The molecule has 0 aliphatic rings. The molecule has 0 aromatic heterocycles. The van der Waals surface area contributed by atoms with Gasteiger partial charge in [-0.2, -0.15) is 0 Å². The third-order valence-corrected chi connectivity index (χ3v) is 3.29. The Labute approximate surface area is 122 Å². The Balaban J connectivity index is 2.40. The number of rotatable bonds is 5. The molecular formula is C16H18F2N2O. The minimum Gasteiger partial charge on any atom is -0.497 e. The summed E-state index contributed by atoms with van der Waals surface area (Å²) in [7, 11) is 3.15. The molecule has 0 saturated carbocycles. The fourth-order valence-electron chi connectivity index (χ4n) is 2.20. The molecule has 0 heterocycles. The van der Waals surface area contributed by atoms with E-state index in [0.29, 0.717) is 30.0 Å². The summed E-state index contributed by atoms with van der Waals surface area (Å²) in [4.78, 5) is 1.46. The van der Waals surface area contributed by atoms with Crippen molar-refractivity contribution < 1.29 is 13.5 Å². The van der Waals surface area contributed by atoms with Crippen molar-refractivity contribution in [1.29, 1.82) is 0 Å². The van der Waals surface area contributed by atoms with E-state index in [9.17, 15) is 8.78 Å². The summed E-state index contributed by atoms with van der Waals surface area (Å²) in [5.74, 6) is -0.590. The molecule has 0 spiro atoms. The molecule has 0 aliphatic carbocycles. The zero-order valence-electron chi connectivity index (χ0n) is 12.1. The van der Waals surface area contributed by atoms with E-state index in [1.807, 2.05) is 0 Å². The number of nitrogens with zero attached hydrogens (tertiary/aromatic N) is 1. The Morgan fingerprint density at radius 1 is 1.14 bits per heavy atom. The van der Waals surface area contributed by atoms with Gasteiger partial charge >= 0.3 is 0 Å². The zero-order valence-corrected chi connectivity index (χ0v) is 12.1. The van der Waals surface area contributed by atoms with Gasteiger partial charge in [-0.1, -0.05) is 6.07 Å². The molecule has 0 bridgehead atoms. The minimum absolute atomic E-state index is 0.0935. The van der Waals surface area contributed by atoms with Crippen LogP contribution in [0, 0.1) is 11.6 Å². The highest BCUT2D eigenvalue weighted by Gasteiger charge is 2.17. The van der Waals surface area contributed by atoms with Crippen LogP contribution in [0.5, 0.6) is 5.75 Å². The smallest absolute Gasteiger partial charge is 0.150 e. The average molecular weight is 292 g/mol. The van der Waals surface area contributed by atoms with E-state index in [2.05, 4.69) is 0 Å². The van der Waals surface area contributed by atoms with Gasteiger partial charge in [-0.3, -0.25) is 0 Å². The normalized spacial score (nSPS) is 10.5. The van der Waals surface area contributed by atoms with Gasteiger partial charge in [0.25, 0.3) is 0 Å². The summed E-state index contributed by atoms with van der Waals surface area (Å²) < 4.78 is 33.5. The van der Waals surface area contributed by atoms with Gasteiger partial charge in [-0.25, -0.2) is 8.78 Å². The second-order valence-corrected chi connectivity index (χ2v) is 4.71. The highest BCUT2D eigenvalue weighted by Crippen LogP contribution is 2.31. The number of methoxy groups -OCH3 is 1. The Kier molecular flexibility index (Phi) is 4.75. The molecule has 0 atom stereocenters. The SMILES string of the molecule is COc1cccc(N(C)c2c(F)cc(CCN)cc2F)c1. The van der Waals surface area contributed by atoms with E-state index in [1.54, 1.807) is 38.4 Å². The Hall–Kier alpha value is -2.14. The van der Waals surface area contributed by atoms with Crippen LogP contribution >= 0.6 is 0 Å². The lowest BCUT2D eigenvalue weighted by Gasteiger charge is -2.21. The number of hydrogen-bond donors (Lipinski definition) is 1. The molecule has 0 fully saturated rings. The lowest BCUT2D eigenvalue weighted by atomic mass is 10.1. The molecule has 2 rings (SSSR count). The number of ether oxygens (including phenoxy) is 1. The van der Waals surface area contributed by atoms with Crippen molar-refractivity contribution in [2.24, 2.45) is 5.73 Å². The topological polar surface area (TPSA) is 38.5 Å². The largest absolute Gasteiger partial charge is 0.497 e. The molecule has 0 saturated heterocycles. The number of halogens is 2. The third-order valence-electron chi connectivity index (χ3n) is 3.29. The summed E-state index contributed by atoms with van der Waals surface area (Å²) in [5, 5.41) is 0. The second-order valence-electron chi connectivity index (χ2n) is 4.71. The first-order valence-corrected chi connectivity index (χ1v) is 6.62. The molecule has 0 unspecified atom stereocenters. The van der Waals surface area contributed by atoms with Crippen molar-refractivity contribution in [3.8, 4) is 5.75 Å². The summed E-state index contributed by atoms with van der Waals surface area (Å²) in [6.45, 7) is 0.351. The van der Waals surface area contributed by atoms with E-state index in [-0.39, 0.29) is 5.69 Å². The fraction of sp³-hybridized carbons (Fsp3) is 0.250. The van der Waals surface area contributed by atoms with Gasteiger partial charge in [0.2, 0.25) is 0 Å². The van der Waals surface area contributed by atoms with Crippen LogP contribution in [0.2, 0.25) is 0 Å². The van der Waals surface area contributed by atoms with E-state index >= 15 is 0 Å². The predicted octanol–water partition coefficient (Wildman–Crippen LogP) is 3.24. The summed E-state index contributed by atoms with van der Waals surface area (Å²) in [6.07, 6.45) is 0.441. The van der Waals surface area contributed by atoms with E-state index in [4.69, 9.17) is 10.5 Å². The lowest BCUT2D eigenvalue weighted by molar-refractivity contribution is 0.415. The van der Waals surface area contributed by atoms with E-state index < -0.39 is 11.6 Å². The van der Waals surface area contributed by atoms with Crippen molar-refractivity contribution in [3.63, 3.8) is 0 Å². The molecule has 0 amide bonds. The standard InChI is InChI=1S/C16H18F2N2O/c1-20(12-4-3-5-13(10-12)21-2)16-14(17)8-11(6-7-19)9-15(16)18/h3-5,8-10H,6-7,19H2,1-2H3. The summed E-state index contributed by atoms with van der Waals surface area (Å²) >= 11 is 0. The fourth-order valence-corrected chi connectivity index (χ4v) is 2.20. The van der Waals surface area contributed by atoms with Crippen LogP contribution in [0.15, 0.2) is 36.4 Å². The van der Waals surface area contributed by atoms with Crippen molar-refractivity contribution in [2.45, 2.75) is 6.42 Å². The molecule has 112 valence electrons. The first-order valence-electron chi connectivity index (χ1n) is 6.62. The lowest BCUT2D eigenvalue weighted by Crippen LogP contribution is -2.14. The minimum atomic E-state index is -0.608. The van der Waals surface area contributed by atoms with Crippen LogP contribution in [-0.2, 0) is 6.42 Å². The molecule has 0 aliphatic heterocycles. The Morgan fingerprint density at radius 2 is 1.81 bits per heavy atom. The van der Waals surface area contributed by atoms with Crippen molar-refractivity contribution in [3.05, 3.63) is 53.6 Å². The number of anilines is 2. The molecule has 5 heteroatoms. The van der Waals surface area contributed by atoms with Crippen molar-refractivity contribution in [1.82, 2.24) is 0 Å². The quantitative estimate of drug-likeness (QED) is 0.919. The van der Waals surface area contributed by atoms with E-state index in [1.165, 1.54) is 17.0 Å². The Morgan fingerprint density at radius 3 is 2.38 bits per heavy atom. The highest BCUT2D eigenvalue weighted by molar-refractivity contribution is 5.65. The molecule has 2 N–H and O–H groups in total. The number of hydrogen-bond acceptors (Lipinski definition) is 3. The molecule has 3 nitrogen and oxygen atoms in total. The van der Waals surface area contributed by atoms with Crippen molar-refractivity contribution in [2.75, 3.05) is 25.6 Å². The van der Waals surface area contributed by atoms with Gasteiger partial charge in [0.15, 0.2) is 0 Å². The second kappa shape index (κ2) is 6.54. The number of nitrogens with two attached hydrogens (primary N) is 1. The molecular weight excluding hydrogens is 274 g/mol. The van der Waals surface area contributed by atoms with Gasteiger partial charge in [0.05, 0.1) is 7.11 Å². The molecule has 2 aromatic carbocycles. The average Bonchev–Trinajstić information content (AvgIpc) is 2.47. The van der Waals surface area contributed by atoms with Gasteiger partial charge in [-0.15, -0.1) is 0 Å². The van der Waals surface area contributed by atoms with Gasteiger partial charge in [-0.05, 0) is 42.8 Å². The summed E-state index contributed by atoms with van der Waals surface area (Å²) in [6, 6.07) is 9.66. The number of benzene rings is 2. The third kappa shape index (κ3) is 3.31. The van der Waals surface area contributed by atoms with Crippen LogP contribution in [0.1, 0.15) is 5.56 Å². The predicted molar refractivity (Wildman–Crippen MR) is 80.2 cm³/mol. The van der Waals surface area contributed by atoms with Gasteiger partial charge in [0.1, 0.15) is 23.1 Å². The van der Waals surface area contributed by atoms with Gasteiger partial charge < -0.3 is 15.4 Å². The van der Waals surface area contributed by atoms with Crippen LogP contribution in [0.3, 0.4) is 0 Å². The summed E-state index contributed by atoms with van der Waals surface area (Å²) in [5.41, 5.74) is 6.51. The van der Waals surface area contributed by atoms with Crippen LogP contribution in [-0.4, -0.2) is 20.7 Å². The monoisotopic (exact) mass is 292 g/mol. The molecule has 2 aromatic rings. The van der Waals surface area contributed by atoms with Crippen LogP contribution in [0.4, 0.5) is 20.2 Å². The first-order chi connectivity index (χ1) is 10.1. The first kappa shape index (κ1) is 15.3. The maximum absolute atomic E-state index is 14.2. The van der Waals surface area contributed by atoms with Crippen molar-refractivity contribution >= 4 is 11.4 Å². The van der Waals surface area contributed by atoms with Crippen LogP contribution in [0.25, 0.3) is 0 Å². The highest BCUT2D eigenvalue weighted by atomic mass is 19.1. The Bertz CT molecular complexity index is 608. The molecule has 21 heavy (non-hydrogen) atoms. The zero-order chi connectivity index (χ0) is 15.4.